The minimum absolute atomic E-state index is 0.0894. The Balaban J connectivity index is 0.000000861. The van der Waals surface area contributed by atoms with E-state index in [1.54, 1.807) is 30.3 Å². The van der Waals surface area contributed by atoms with Gasteiger partial charge in [-0.3, -0.25) is 0 Å². The molecule has 0 amide bonds. The summed E-state index contributed by atoms with van der Waals surface area (Å²) in [5, 5.41) is 13.0. The molecule has 1 fully saturated rings. The van der Waals surface area contributed by atoms with E-state index >= 15 is 0 Å². The quantitative estimate of drug-likeness (QED) is 0.882. The number of nitrogens with one attached hydrogen (secondary N) is 1. The third kappa shape index (κ3) is 4.60. The highest BCUT2D eigenvalue weighted by atomic mass is 32.2. The van der Waals surface area contributed by atoms with Crippen LogP contribution in [0.3, 0.4) is 0 Å². The lowest BCUT2D eigenvalue weighted by molar-refractivity contribution is 0.157. The molecule has 0 saturated carbocycles. The Hall–Kier alpha value is -0.910. The highest BCUT2D eigenvalue weighted by molar-refractivity contribution is 7.91. The zero-order chi connectivity index (χ0) is 14.3. The minimum Gasteiger partial charge on any atom is -0.390 e. The molecule has 5 heteroatoms. The summed E-state index contributed by atoms with van der Waals surface area (Å²) in [5.74, 6) is -0.214. The van der Waals surface area contributed by atoms with Gasteiger partial charge < -0.3 is 10.4 Å². The molecule has 2 N–H and O–H groups in total. The molecule has 0 unspecified atom stereocenters. The number of aliphatic hydroxyl groups excluding tert-OH is 1. The van der Waals surface area contributed by atoms with Gasteiger partial charge in [-0.1, -0.05) is 32.0 Å². The zero-order valence-corrected chi connectivity index (χ0v) is 12.4. The molecule has 1 aromatic rings. The van der Waals surface area contributed by atoms with E-state index in [2.05, 4.69) is 5.32 Å². The van der Waals surface area contributed by atoms with Crippen LogP contribution in [0.15, 0.2) is 35.2 Å². The van der Waals surface area contributed by atoms with Gasteiger partial charge in [0.05, 0.1) is 16.8 Å². The van der Waals surface area contributed by atoms with Crippen molar-refractivity contribution in [2.45, 2.75) is 43.7 Å². The van der Waals surface area contributed by atoms with Crippen LogP contribution in [0.2, 0.25) is 0 Å². The second kappa shape index (κ2) is 7.62. The Kier molecular flexibility index (Phi) is 6.48. The predicted molar refractivity (Wildman–Crippen MR) is 76.9 cm³/mol. The van der Waals surface area contributed by atoms with E-state index < -0.39 is 15.9 Å². The lowest BCUT2D eigenvalue weighted by atomic mass is 10.1. The number of sulfone groups is 1. The lowest BCUT2D eigenvalue weighted by Crippen LogP contribution is -2.39. The highest BCUT2D eigenvalue weighted by Crippen LogP contribution is 2.16. The number of aliphatic hydroxyl groups is 1. The Morgan fingerprint density at radius 1 is 1.32 bits per heavy atom. The molecule has 19 heavy (non-hydrogen) atoms. The predicted octanol–water partition coefficient (Wildman–Crippen LogP) is 1.60. The lowest BCUT2D eigenvalue weighted by Gasteiger charge is -2.18. The molecule has 0 aromatic heterocycles. The van der Waals surface area contributed by atoms with Crippen LogP contribution in [0.25, 0.3) is 0 Å². The molecule has 1 aliphatic rings. The number of rotatable bonds is 4. The first-order chi connectivity index (χ1) is 9.09. The average molecular weight is 285 g/mol. The van der Waals surface area contributed by atoms with Gasteiger partial charge in [0.15, 0.2) is 9.84 Å². The maximum Gasteiger partial charge on any atom is 0.180 e. The van der Waals surface area contributed by atoms with Crippen molar-refractivity contribution in [3.63, 3.8) is 0 Å². The van der Waals surface area contributed by atoms with Crippen molar-refractivity contribution in [2.75, 3.05) is 12.3 Å². The first-order valence-corrected chi connectivity index (χ1v) is 8.44. The molecular weight excluding hydrogens is 262 g/mol. The molecule has 0 spiro atoms. The van der Waals surface area contributed by atoms with E-state index in [0.717, 1.165) is 19.4 Å². The molecule has 2 rings (SSSR count). The monoisotopic (exact) mass is 285 g/mol. The summed E-state index contributed by atoms with van der Waals surface area (Å²) in [4.78, 5) is 0.275. The smallest absolute Gasteiger partial charge is 0.180 e. The molecule has 1 aliphatic heterocycles. The third-order valence-corrected chi connectivity index (χ3v) is 4.83. The van der Waals surface area contributed by atoms with Gasteiger partial charge in [-0.25, -0.2) is 8.42 Å². The number of hydrogen-bond acceptors (Lipinski definition) is 4. The Bertz CT molecular complexity index is 453. The number of hydrogen-bond donors (Lipinski definition) is 2. The van der Waals surface area contributed by atoms with Crippen molar-refractivity contribution in [1.82, 2.24) is 5.32 Å². The Morgan fingerprint density at radius 3 is 2.47 bits per heavy atom. The molecule has 2 atom stereocenters. The maximum absolute atomic E-state index is 12.0. The first kappa shape index (κ1) is 16.1. The summed E-state index contributed by atoms with van der Waals surface area (Å²) < 4.78 is 24.0. The molecule has 1 aromatic carbocycles. The van der Waals surface area contributed by atoms with Crippen molar-refractivity contribution >= 4 is 9.84 Å². The fourth-order valence-corrected chi connectivity index (χ4v) is 3.55. The molecule has 1 saturated heterocycles. The van der Waals surface area contributed by atoms with Crippen LogP contribution in [0.4, 0.5) is 0 Å². The van der Waals surface area contributed by atoms with Gasteiger partial charge >= 0.3 is 0 Å². The molecule has 0 bridgehead atoms. The normalized spacial score (nSPS) is 20.5. The van der Waals surface area contributed by atoms with Gasteiger partial charge in [-0.05, 0) is 31.5 Å². The van der Waals surface area contributed by atoms with Crippen molar-refractivity contribution in [2.24, 2.45) is 0 Å². The van der Waals surface area contributed by atoms with E-state index in [9.17, 15) is 13.5 Å². The molecular formula is C14H23NO3S. The van der Waals surface area contributed by atoms with Crippen molar-refractivity contribution in [1.29, 1.82) is 0 Å². The summed E-state index contributed by atoms with van der Waals surface area (Å²) in [6.07, 6.45) is 1.00. The number of benzene rings is 1. The summed E-state index contributed by atoms with van der Waals surface area (Å²) in [6.45, 7) is 4.85. The van der Waals surface area contributed by atoms with Gasteiger partial charge in [-0.2, -0.15) is 0 Å². The van der Waals surface area contributed by atoms with E-state index in [4.69, 9.17) is 0 Å². The molecule has 108 valence electrons. The molecule has 0 aliphatic carbocycles. The van der Waals surface area contributed by atoms with Crippen LogP contribution in [-0.4, -0.2) is 38.0 Å². The summed E-state index contributed by atoms with van der Waals surface area (Å²) in [7, 11) is -3.39. The topological polar surface area (TPSA) is 66.4 Å². The standard InChI is InChI=1S/C12H17NO3S.C2H6/c14-12(11-7-4-8-13-11)9-17(15,16)10-5-2-1-3-6-10;1-2/h1-3,5-6,11-14H,4,7-9H2;1-2H3/t11-,12+;/m1./s1. The zero-order valence-electron chi connectivity index (χ0n) is 11.5. The van der Waals surface area contributed by atoms with E-state index in [-0.39, 0.29) is 16.7 Å². The van der Waals surface area contributed by atoms with E-state index in [1.807, 2.05) is 13.8 Å². The van der Waals surface area contributed by atoms with Gasteiger partial charge in [0.25, 0.3) is 0 Å². The average Bonchev–Trinajstić information content (AvgIpc) is 2.96. The summed E-state index contributed by atoms with van der Waals surface area (Å²) in [5.41, 5.74) is 0. The van der Waals surface area contributed by atoms with Crippen molar-refractivity contribution in [3.8, 4) is 0 Å². The summed E-state index contributed by atoms with van der Waals surface area (Å²) in [6, 6.07) is 8.18. The fraction of sp³-hybridized carbons (Fsp3) is 0.571. The van der Waals surface area contributed by atoms with Crippen LogP contribution in [0.1, 0.15) is 26.7 Å². The van der Waals surface area contributed by atoms with Gasteiger partial charge in [0.2, 0.25) is 0 Å². The second-order valence-corrected chi connectivity index (χ2v) is 6.40. The summed E-state index contributed by atoms with van der Waals surface area (Å²) >= 11 is 0. The van der Waals surface area contributed by atoms with Crippen LogP contribution >= 0.6 is 0 Å². The van der Waals surface area contributed by atoms with Crippen LogP contribution in [-0.2, 0) is 9.84 Å². The van der Waals surface area contributed by atoms with Gasteiger partial charge in [-0.15, -0.1) is 0 Å². The van der Waals surface area contributed by atoms with Crippen molar-refractivity contribution < 1.29 is 13.5 Å². The largest absolute Gasteiger partial charge is 0.390 e. The van der Waals surface area contributed by atoms with E-state index in [0.29, 0.717) is 0 Å². The minimum atomic E-state index is -3.39. The maximum atomic E-state index is 12.0. The Labute approximate surface area is 115 Å². The van der Waals surface area contributed by atoms with Crippen LogP contribution in [0.5, 0.6) is 0 Å². The van der Waals surface area contributed by atoms with Crippen molar-refractivity contribution in [3.05, 3.63) is 30.3 Å². The second-order valence-electron chi connectivity index (χ2n) is 4.36. The molecule has 1 heterocycles. The first-order valence-electron chi connectivity index (χ1n) is 6.79. The van der Waals surface area contributed by atoms with E-state index in [1.165, 1.54) is 0 Å². The highest BCUT2D eigenvalue weighted by Gasteiger charge is 2.28. The molecule has 4 nitrogen and oxygen atoms in total. The van der Waals surface area contributed by atoms with Crippen LogP contribution < -0.4 is 5.32 Å². The molecule has 0 radical (unpaired) electrons. The van der Waals surface area contributed by atoms with Gasteiger partial charge in [0.1, 0.15) is 0 Å². The van der Waals surface area contributed by atoms with Crippen LogP contribution in [0, 0.1) is 0 Å². The third-order valence-electron chi connectivity index (χ3n) is 3.06. The SMILES string of the molecule is CC.O=S(=O)(C[C@H](O)[C@H]1CCCN1)c1ccccc1. The fourth-order valence-electron chi connectivity index (χ4n) is 2.10. The van der Waals surface area contributed by atoms with Gasteiger partial charge in [0, 0.05) is 6.04 Å². The Morgan fingerprint density at radius 2 is 1.95 bits per heavy atom.